The first-order valence-corrected chi connectivity index (χ1v) is 7.39. The molecular weight excluding hydrogens is 326 g/mol. The van der Waals surface area contributed by atoms with Crippen LogP contribution in [0.5, 0.6) is 0 Å². The van der Waals surface area contributed by atoms with Gasteiger partial charge in [0.2, 0.25) is 9.47 Å². The Balaban J connectivity index is 1.91. The molecule has 1 aromatic carbocycles. The van der Waals surface area contributed by atoms with Crippen molar-refractivity contribution in [2.75, 3.05) is 10.6 Å². The lowest BCUT2D eigenvalue weighted by molar-refractivity contribution is -0.130. The van der Waals surface area contributed by atoms with Crippen molar-refractivity contribution < 1.29 is 13.8 Å². The van der Waals surface area contributed by atoms with Crippen molar-refractivity contribution in [1.29, 1.82) is 5.26 Å². The summed E-state index contributed by atoms with van der Waals surface area (Å²) in [6.07, 6.45) is 0. The molecule has 0 aliphatic heterocycles. The number of urea groups is 1. The summed E-state index contributed by atoms with van der Waals surface area (Å²) in [6, 6.07) is 7.95. The zero-order valence-electron chi connectivity index (χ0n) is 11.2. The number of carbonyl (C=O) groups is 2. The minimum atomic E-state index is -0.518. The molecule has 2 aromatic rings. The van der Waals surface area contributed by atoms with E-state index in [0.29, 0.717) is 15.6 Å². The van der Waals surface area contributed by atoms with Gasteiger partial charge in [0.25, 0.3) is 0 Å². The topological polar surface area (TPSA) is 117 Å². The average Bonchev–Trinajstić information content (AvgIpc) is 2.92. The second-order valence-electron chi connectivity index (χ2n) is 3.80. The second kappa shape index (κ2) is 7.39. The number of nitrogens with one attached hydrogen (secondary N) is 2. The van der Waals surface area contributed by atoms with Crippen molar-refractivity contribution in [3.05, 3.63) is 29.8 Å². The molecule has 2 rings (SSSR count). The standard InChI is InChI=1S/C12H9N5O3S2/c1-7(18)20-22-12-17-16-11(21-12)15-10(19)14-9-4-2-3-8(5-9)6-13/h2-5H,1H3,(H2,14,15,16,19). The first-order chi connectivity index (χ1) is 10.6. The Kier molecular flexibility index (Phi) is 5.29. The van der Waals surface area contributed by atoms with Crippen LogP contribution in [0.25, 0.3) is 0 Å². The highest BCUT2D eigenvalue weighted by atomic mass is 32.2. The highest BCUT2D eigenvalue weighted by Crippen LogP contribution is 2.26. The monoisotopic (exact) mass is 335 g/mol. The lowest BCUT2D eigenvalue weighted by Crippen LogP contribution is -2.19. The molecule has 1 heterocycles. The number of nitriles is 1. The normalized spacial score (nSPS) is 9.64. The Morgan fingerprint density at radius 3 is 2.91 bits per heavy atom. The molecule has 0 saturated heterocycles. The summed E-state index contributed by atoms with van der Waals surface area (Å²) in [5.74, 6) is -0.454. The van der Waals surface area contributed by atoms with Gasteiger partial charge in [-0.3, -0.25) is 10.1 Å². The summed E-state index contributed by atoms with van der Waals surface area (Å²) < 4.78 is 5.08. The molecule has 2 N–H and O–H groups in total. The zero-order valence-corrected chi connectivity index (χ0v) is 12.8. The van der Waals surface area contributed by atoms with Gasteiger partial charge in [0.15, 0.2) is 0 Å². The Morgan fingerprint density at radius 1 is 1.36 bits per heavy atom. The van der Waals surface area contributed by atoms with E-state index in [9.17, 15) is 9.59 Å². The van der Waals surface area contributed by atoms with Crippen molar-refractivity contribution in [1.82, 2.24) is 10.2 Å². The van der Waals surface area contributed by atoms with Crippen LogP contribution in [-0.2, 0) is 8.98 Å². The molecule has 8 nitrogen and oxygen atoms in total. The lowest BCUT2D eigenvalue weighted by Gasteiger charge is -2.04. The van der Waals surface area contributed by atoms with Crippen LogP contribution in [0.15, 0.2) is 28.6 Å². The number of carbonyl (C=O) groups excluding carboxylic acids is 2. The van der Waals surface area contributed by atoms with E-state index in [0.717, 1.165) is 23.4 Å². The van der Waals surface area contributed by atoms with Crippen LogP contribution >= 0.6 is 23.4 Å². The third-order valence-electron chi connectivity index (χ3n) is 2.11. The Morgan fingerprint density at radius 2 is 2.18 bits per heavy atom. The summed E-state index contributed by atoms with van der Waals surface area (Å²) in [6.45, 7) is 1.27. The second-order valence-corrected chi connectivity index (χ2v) is 5.76. The fourth-order valence-electron chi connectivity index (χ4n) is 1.31. The number of aromatic nitrogens is 2. The van der Waals surface area contributed by atoms with Crippen LogP contribution < -0.4 is 10.6 Å². The van der Waals surface area contributed by atoms with E-state index >= 15 is 0 Å². The van der Waals surface area contributed by atoms with Crippen molar-refractivity contribution in [2.45, 2.75) is 11.3 Å². The van der Waals surface area contributed by atoms with Gasteiger partial charge in [-0.25, -0.2) is 4.79 Å². The minimum Gasteiger partial charge on any atom is -0.384 e. The van der Waals surface area contributed by atoms with Crippen molar-refractivity contribution in [2.24, 2.45) is 0 Å². The quantitative estimate of drug-likeness (QED) is 0.651. The summed E-state index contributed by atoms with van der Waals surface area (Å²) in [4.78, 5) is 22.5. The molecule has 112 valence electrons. The van der Waals surface area contributed by atoms with Crippen molar-refractivity contribution in [3.63, 3.8) is 0 Å². The van der Waals surface area contributed by atoms with Gasteiger partial charge in [-0.05, 0) is 18.2 Å². The van der Waals surface area contributed by atoms with Crippen LogP contribution in [0.3, 0.4) is 0 Å². The predicted molar refractivity (Wildman–Crippen MR) is 81.3 cm³/mol. The number of hydrogen-bond acceptors (Lipinski definition) is 8. The number of anilines is 2. The molecule has 0 fully saturated rings. The minimum absolute atomic E-state index is 0.253. The van der Waals surface area contributed by atoms with Gasteiger partial charge in [0.1, 0.15) is 12.0 Å². The molecular formula is C12H9N5O3S2. The highest BCUT2D eigenvalue weighted by Gasteiger charge is 2.10. The van der Waals surface area contributed by atoms with Crippen LogP contribution in [0.1, 0.15) is 12.5 Å². The van der Waals surface area contributed by atoms with Gasteiger partial charge in [0, 0.05) is 12.6 Å². The van der Waals surface area contributed by atoms with E-state index in [1.807, 2.05) is 6.07 Å². The van der Waals surface area contributed by atoms with Crippen LogP contribution in [-0.4, -0.2) is 22.2 Å². The maximum Gasteiger partial charge on any atom is 0.325 e. The third-order valence-corrected chi connectivity index (χ3v) is 3.74. The van der Waals surface area contributed by atoms with Gasteiger partial charge in [-0.15, -0.1) is 10.2 Å². The maximum atomic E-state index is 11.8. The van der Waals surface area contributed by atoms with Gasteiger partial charge in [-0.1, -0.05) is 17.4 Å². The van der Waals surface area contributed by atoms with E-state index in [1.54, 1.807) is 24.3 Å². The van der Waals surface area contributed by atoms with Crippen LogP contribution in [0.4, 0.5) is 15.6 Å². The summed E-state index contributed by atoms with van der Waals surface area (Å²) in [5, 5.41) is 21.6. The molecule has 0 saturated carbocycles. The molecule has 0 spiro atoms. The van der Waals surface area contributed by atoms with E-state index in [4.69, 9.17) is 9.44 Å². The number of amides is 2. The predicted octanol–water partition coefficient (Wildman–Crippen LogP) is 2.62. The summed E-state index contributed by atoms with van der Waals surface area (Å²) in [7, 11) is 0. The Hall–Kier alpha value is -2.64. The maximum absolute atomic E-state index is 11.8. The molecule has 22 heavy (non-hydrogen) atoms. The fraction of sp³-hybridized carbons (Fsp3) is 0.0833. The number of rotatable bonds is 4. The summed E-state index contributed by atoms with van der Waals surface area (Å²) >= 11 is 1.83. The molecule has 0 bridgehead atoms. The summed E-state index contributed by atoms with van der Waals surface area (Å²) in [5.41, 5.74) is 0.921. The van der Waals surface area contributed by atoms with E-state index in [-0.39, 0.29) is 5.13 Å². The van der Waals surface area contributed by atoms with E-state index in [2.05, 4.69) is 20.8 Å². The molecule has 2 amide bonds. The van der Waals surface area contributed by atoms with E-state index < -0.39 is 12.0 Å². The van der Waals surface area contributed by atoms with Gasteiger partial charge < -0.3 is 9.50 Å². The van der Waals surface area contributed by atoms with Crippen LogP contribution in [0.2, 0.25) is 0 Å². The molecule has 0 atom stereocenters. The van der Waals surface area contributed by atoms with Crippen molar-refractivity contribution >= 4 is 46.2 Å². The fourth-order valence-corrected chi connectivity index (χ4v) is 2.52. The molecule has 0 aliphatic carbocycles. The SMILES string of the molecule is CC(=O)OSc1nnc(NC(=O)Nc2cccc(C#N)c2)s1. The number of hydrogen-bond donors (Lipinski definition) is 2. The van der Waals surface area contributed by atoms with Gasteiger partial charge >= 0.3 is 12.0 Å². The highest BCUT2D eigenvalue weighted by molar-refractivity contribution is 7.97. The first kappa shape index (κ1) is 15.7. The first-order valence-electron chi connectivity index (χ1n) is 5.83. The Labute approximate surface area is 133 Å². The van der Waals surface area contributed by atoms with Gasteiger partial charge in [-0.2, -0.15) is 5.26 Å². The third kappa shape index (κ3) is 4.72. The Bertz CT molecular complexity index is 740. The lowest BCUT2D eigenvalue weighted by atomic mass is 10.2. The molecule has 0 unspecified atom stereocenters. The molecule has 0 aliphatic rings. The largest absolute Gasteiger partial charge is 0.384 e. The zero-order chi connectivity index (χ0) is 15.9. The molecule has 0 radical (unpaired) electrons. The van der Waals surface area contributed by atoms with E-state index in [1.165, 1.54) is 6.92 Å². The van der Waals surface area contributed by atoms with Crippen molar-refractivity contribution in [3.8, 4) is 6.07 Å². The van der Waals surface area contributed by atoms with Gasteiger partial charge in [0.05, 0.1) is 11.6 Å². The molecule has 10 heteroatoms. The number of benzene rings is 1. The smallest absolute Gasteiger partial charge is 0.325 e. The van der Waals surface area contributed by atoms with Crippen LogP contribution in [0, 0.1) is 11.3 Å². The average molecular weight is 335 g/mol. The number of nitrogens with zero attached hydrogens (tertiary/aromatic N) is 3. The molecule has 1 aromatic heterocycles.